The van der Waals surface area contributed by atoms with Crippen LogP contribution >= 0.6 is 0 Å². The molecule has 3 heterocycles. The van der Waals surface area contributed by atoms with E-state index in [4.69, 9.17) is 5.26 Å². The van der Waals surface area contributed by atoms with Gasteiger partial charge in [0.15, 0.2) is 0 Å². The van der Waals surface area contributed by atoms with Crippen LogP contribution in [0.1, 0.15) is 24.0 Å². The summed E-state index contributed by atoms with van der Waals surface area (Å²) in [5, 5.41) is 9.13. The molecule has 0 amide bonds. The van der Waals surface area contributed by atoms with Gasteiger partial charge in [0.2, 0.25) is 0 Å². The van der Waals surface area contributed by atoms with Crippen molar-refractivity contribution < 1.29 is 0 Å². The Morgan fingerprint density at radius 3 is 2.75 bits per heavy atom. The lowest BCUT2D eigenvalue weighted by Gasteiger charge is -2.48. The van der Waals surface area contributed by atoms with Crippen LogP contribution < -0.4 is 4.90 Å². The molecule has 1 saturated heterocycles. The molecule has 1 aromatic carbocycles. The van der Waals surface area contributed by atoms with Gasteiger partial charge in [0.1, 0.15) is 5.82 Å². The minimum Gasteiger partial charge on any atom is -0.355 e. The van der Waals surface area contributed by atoms with Crippen LogP contribution in [0.3, 0.4) is 0 Å². The molecule has 1 spiro atoms. The molecule has 5 nitrogen and oxygen atoms in total. The second kappa shape index (κ2) is 6.21. The fourth-order valence-electron chi connectivity index (χ4n) is 4.24. The van der Waals surface area contributed by atoms with Crippen molar-refractivity contribution in [1.29, 1.82) is 5.26 Å². The smallest absolute Gasteiger partial charge is 0.147 e. The van der Waals surface area contributed by atoms with Gasteiger partial charge in [-0.2, -0.15) is 5.26 Å². The first-order valence-electron chi connectivity index (χ1n) is 8.49. The molecule has 0 aliphatic carbocycles. The second-order valence-electron chi connectivity index (χ2n) is 6.79. The van der Waals surface area contributed by atoms with Crippen molar-refractivity contribution in [1.82, 2.24) is 14.9 Å². The number of anilines is 1. The van der Waals surface area contributed by atoms with Gasteiger partial charge in [-0.25, -0.2) is 4.98 Å². The summed E-state index contributed by atoms with van der Waals surface area (Å²) in [4.78, 5) is 13.2. The molecular formula is C19H21N5. The Labute approximate surface area is 142 Å². The predicted molar refractivity (Wildman–Crippen MR) is 92.5 cm³/mol. The Hall–Kier alpha value is -2.45. The van der Waals surface area contributed by atoms with Gasteiger partial charge in [-0.3, -0.25) is 9.88 Å². The molecule has 5 heteroatoms. The fraction of sp³-hybridized carbons (Fsp3) is 0.421. The lowest BCUT2D eigenvalue weighted by atomic mass is 9.69. The van der Waals surface area contributed by atoms with Crippen molar-refractivity contribution in [3.05, 3.63) is 54.0 Å². The van der Waals surface area contributed by atoms with E-state index in [0.29, 0.717) is 6.54 Å². The van der Waals surface area contributed by atoms with E-state index in [-0.39, 0.29) is 5.41 Å². The Kier molecular flexibility index (Phi) is 3.91. The molecule has 0 unspecified atom stereocenters. The number of nitriles is 1. The van der Waals surface area contributed by atoms with Crippen LogP contribution in [0.25, 0.3) is 0 Å². The molecule has 4 rings (SSSR count). The number of nitrogens with zero attached hydrogens (tertiary/aromatic N) is 5. The molecule has 2 aliphatic heterocycles. The number of piperidine rings is 1. The predicted octanol–water partition coefficient (Wildman–Crippen LogP) is 2.35. The Bertz CT molecular complexity index is 744. The molecule has 0 radical (unpaired) electrons. The first-order chi connectivity index (χ1) is 11.8. The maximum Gasteiger partial charge on any atom is 0.147 e. The quantitative estimate of drug-likeness (QED) is 0.795. The van der Waals surface area contributed by atoms with Crippen LogP contribution in [0, 0.1) is 11.3 Å². The highest BCUT2D eigenvalue weighted by Crippen LogP contribution is 2.42. The topological polar surface area (TPSA) is 56.1 Å². The van der Waals surface area contributed by atoms with Crippen molar-refractivity contribution in [3.63, 3.8) is 0 Å². The van der Waals surface area contributed by atoms with E-state index in [2.05, 4.69) is 50.1 Å². The molecule has 2 aliphatic rings. The van der Waals surface area contributed by atoms with Crippen LogP contribution in [0.4, 0.5) is 5.82 Å². The van der Waals surface area contributed by atoms with Gasteiger partial charge < -0.3 is 4.90 Å². The normalized spacial score (nSPS) is 19.7. The molecule has 0 N–H and O–H groups in total. The van der Waals surface area contributed by atoms with Crippen molar-refractivity contribution in [2.24, 2.45) is 0 Å². The third kappa shape index (κ3) is 2.63. The molecule has 24 heavy (non-hydrogen) atoms. The number of rotatable bonds is 2. The molecule has 1 fully saturated rings. The summed E-state index contributed by atoms with van der Waals surface area (Å²) >= 11 is 0. The van der Waals surface area contributed by atoms with E-state index in [1.54, 1.807) is 12.4 Å². The van der Waals surface area contributed by atoms with Gasteiger partial charge >= 0.3 is 0 Å². The van der Waals surface area contributed by atoms with Crippen LogP contribution in [0.5, 0.6) is 0 Å². The summed E-state index contributed by atoms with van der Waals surface area (Å²) in [5.74, 6) is 0.963. The van der Waals surface area contributed by atoms with Crippen LogP contribution in [-0.4, -0.2) is 41.0 Å². The van der Waals surface area contributed by atoms with Gasteiger partial charge in [-0.1, -0.05) is 24.3 Å². The Morgan fingerprint density at radius 1 is 1.17 bits per heavy atom. The van der Waals surface area contributed by atoms with E-state index in [1.165, 1.54) is 11.1 Å². The molecule has 0 atom stereocenters. The minimum absolute atomic E-state index is 0.157. The maximum atomic E-state index is 9.13. The molecular weight excluding hydrogens is 298 g/mol. The zero-order valence-corrected chi connectivity index (χ0v) is 13.7. The molecule has 0 saturated carbocycles. The van der Waals surface area contributed by atoms with Crippen LogP contribution in [0.15, 0.2) is 42.9 Å². The highest BCUT2D eigenvalue weighted by molar-refractivity contribution is 5.42. The van der Waals surface area contributed by atoms with Gasteiger partial charge in [0.25, 0.3) is 0 Å². The van der Waals surface area contributed by atoms with Gasteiger partial charge in [0.05, 0.1) is 18.8 Å². The largest absolute Gasteiger partial charge is 0.355 e. The number of benzene rings is 1. The zero-order valence-electron chi connectivity index (χ0n) is 13.7. The number of fused-ring (bicyclic) bond motifs is 2. The standard InChI is InChI=1S/C19H21N5/c20-7-12-23-14-16-3-1-2-4-17(16)19(15-23)5-10-24(11-6-19)18-13-21-8-9-22-18/h1-4,8-9,13H,5-6,10-12,14-15H2. The highest BCUT2D eigenvalue weighted by Gasteiger charge is 2.41. The zero-order chi connectivity index (χ0) is 16.4. The second-order valence-corrected chi connectivity index (χ2v) is 6.79. The number of aromatic nitrogens is 2. The molecule has 0 bridgehead atoms. The van der Waals surface area contributed by atoms with Gasteiger partial charge in [-0.15, -0.1) is 0 Å². The third-order valence-corrected chi connectivity index (χ3v) is 5.40. The van der Waals surface area contributed by atoms with E-state index in [0.717, 1.165) is 44.8 Å². The van der Waals surface area contributed by atoms with E-state index in [9.17, 15) is 0 Å². The van der Waals surface area contributed by atoms with Crippen molar-refractivity contribution >= 4 is 5.82 Å². The SMILES string of the molecule is N#CCN1Cc2ccccc2C2(CCN(c3cnccn3)CC2)C1. The lowest BCUT2D eigenvalue weighted by molar-refractivity contribution is 0.167. The van der Waals surface area contributed by atoms with E-state index < -0.39 is 0 Å². The number of hydrogen-bond donors (Lipinski definition) is 0. The number of hydrogen-bond acceptors (Lipinski definition) is 5. The molecule has 2 aromatic rings. The first kappa shape index (κ1) is 15.1. The Balaban J connectivity index is 1.60. The molecule has 122 valence electrons. The van der Waals surface area contributed by atoms with Crippen LogP contribution in [0.2, 0.25) is 0 Å². The summed E-state index contributed by atoms with van der Waals surface area (Å²) in [7, 11) is 0. The first-order valence-corrected chi connectivity index (χ1v) is 8.49. The molecule has 1 aromatic heterocycles. The summed E-state index contributed by atoms with van der Waals surface area (Å²) in [6, 6.07) is 11.1. The van der Waals surface area contributed by atoms with Crippen molar-refractivity contribution in [3.8, 4) is 6.07 Å². The summed E-state index contributed by atoms with van der Waals surface area (Å²) in [5.41, 5.74) is 3.02. The van der Waals surface area contributed by atoms with Gasteiger partial charge in [-0.05, 0) is 24.0 Å². The average molecular weight is 319 g/mol. The Morgan fingerprint density at radius 2 is 2.00 bits per heavy atom. The summed E-state index contributed by atoms with van der Waals surface area (Å²) in [6.45, 7) is 4.33. The lowest BCUT2D eigenvalue weighted by Crippen LogP contribution is -2.52. The highest BCUT2D eigenvalue weighted by atomic mass is 15.2. The summed E-state index contributed by atoms with van der Waals surface area (Å²) in [6.07, 6.45) is 7.48. The average Bonchev–Trinajstić information content (AvgIpc) is 2.64. The summed E-state index contributed by atoms with van der Waals surface area (Å²) < 4.78 is 0. The third-order valence-electron chi connectivity index (χ3n) is 5.40. The van der Waals surface area contributed by atoms with E-state index >= 15 is 0 Å². The minimum atomic E-state index is 0.157. The van der Waals surface area contributed by atoms with Crippen molar-refractivity contribution in [2.75, 3.05) is 31.1 Å². The fourth-order valence-corrected chi connectivity index (χ4v) is 4.24. The van der Waals surface area contributed by atoms with E-state index in [1.807, 2.05) is 6.20 Å². The van der Waals surface area contributed by atoms with Gasteiger partial charge in [0, 0.05) is 44.0 Å². The maximum absolute atomic E-state index is 9.13. The van der Waals surface area contributed by atoms with Crippen molar-refractivity contribution in [2.45, 2.75) is 24.8 Å². The van der Waals surface area contributed by atoms with Crippen LogP contribution in [-0.2, 0) is 12.0 Å². The monoisotopic (exact) mass is 319 g/mol.